The van der Waals surface area contributed by atoms with Crippen molar-refractivity contribution in [1.29, 1.82) is 0 Å². The second-order valence-electron chi connectivity index (χ2n) is 3.87. The molecule has 19 heavy (non-hydrogen) atoms. The number of carbonyl (C=O) groups is 1. The molecule has 2 aromatic rings. The van der Waals surface area contributed by atoms with Crippen molar-refractivity contribution in [2.45, 2.75) is 18.5 Å². The van der Waals surface area contributed by atoms with Crippen LogP contribution in [0.1, 0.15) is 12.2 Å². The highest BCUT2D eigenvalue weighted by Crippen LogP contribution is 2.17. The Morgan fingerprint density at radius 2 is 2.37 bits per heavy atom. The summed E-state index contributed by atoms with van der Waals surface area (Å²) in [6.45, 7) is 1.76. The predicted molar refractivity (Wildman–Crippen MR) is 70.6 cm³/mol. The molecule has 0 aliphatic rings. The summed E-state index contributed by atoms with van der Waals surface area (Å²) < 4.78 is 6.52. The number of anilines is 2. The molecule has 2 heterocycles. The SMILES string of the molecule is Cc1cc(NC(=O)CCSc2nnc(N)n2C)no1. The molecule has 0 atom stereocenters. The summed E-state index contributed by atoms with van der Waals surface area (Å²) in [7, 11) is 1.77. The van der Waals surface area contributed by atoms with Gasteiger partial charge in [0.1, 0.15) is 5.76 Å². The van der Waals surface area contributed by atoms with Crippen LogP contribution in [0.3, 0.4) is 0 Å². The molecule has 1 amide bonds. The molecule has 3 N–H and O–H groups in total. The third-order valence-electron chi connectivity index (χ3n) is 2.32. The number of nitrogens with two attached hydrogens (primary N) is 1. The number of thioether (sulfide) groups is 1. The minimum absolute atomic E-state index is 0.129. The summed E-state index contributed by atoms with van der Waals surface area (Å²) in [5.41, 5.74) is 5.55. The van der Waals surface area contributed by atoms with Gasteiger partial charge in [-0.1, -0.05) is 16.9 Å². The topological polar surface area (TPSA) is 112 Å². The number of amides is 1. The number of aryl methyl sites for hydroxylation is 1. The van der Waals surface area contributed by atoms with Gasteiger partial charge in [-0.3, -0.25) is 9.36 Å². The van der Waals surface area contributed by atoms with Crippen molar-refractivity contribution in [2.24, 2.45) is 7.05 Å². The maximum Gasteiger partial charge on any atom is 0.226 e. The molecule has 0 fully saturated rings. The first-order chi connectivity index (χ1) is 9.06. The molecule has 2 aromatic heterocycles. The van der Waals surface area contributed by atoms with E-state index in [-0.39, 0.29) is 5.91 Å². The van der Waals surface area contributed by atoms with E-state index < -0.39 is 0 Å². The molecule has 9 heteroatoms. The lowest BCUT2D eigenvalue weighted by molar-refractivity contribution is -0.115. The summed E-state index contributed by atoms with van der Waals surface area (Å²) in [5.74, 6) is 1.88. The molecular formula is C10H14N6O2S. The minimum Gasteiger partial charge on any atom is -0.368 e. The van der Waals surface area contributed by atoms with E-state index in [1.165, 1.54) is 11.8 Å². The van der Waals surface area contributed by atoms with Crippen molar-refractivity contribution in [1.82, 2.24) is 19.9 Å². The van der Waals surface area contributed by atoms with Crippen LogP contribution in [0.25, 0.3) is 0 Å². The summed E-state index contributed by atoms with van der Waals surface area (Å²) in [5, 5.41) is 14.6. The number of nitrogens with one attached hydrogen (secondary N) is 1. The molecule has 0 saturated carbocycles. The van der Waals surface area contributed by atoms with Crippen molar-refractivity contribution >= 4 is 29.4 Å². The van der Waals surface area contributed by atoms with E-state index in [9.17, 15) is 4.79 Å². The Morgan fingerprint density at radius 3 is 2.95 bits per heavy atom. The maximum absolute atomic E-state index is 11.6. The number of rotatable bonds is 5. The van der Waals surface area contributed by atoms with Crippen molar-refractivity contribution in [3.63, 3.8) is 0 Å². The smallest absolute Gasteiger partial charge is 0.226 e. The normalized spacial score (nSPS) is 10.6. The molecule has 0 aliphatic carbocycles. The van der Waals surface area contributed by atoms with Gasteiger partial charge in [-0.15, -0.1) is 10.2 Å². The van der Waals surface area contributed by atoms with E-state index in [1.807, 2.05) is 0 Å². The summed E-state index contributed by atoms with van der Waals surface area (Å²) >= 11 is 1.42. The zero-order valence-electron chi connectivity index (χ0n) is 10.6. The van der Waals surface area contributed by atoms with Crippen molar-refractivity contribution in [3.8, 4) is 0 Å². The third-order valence-corrected chi connectivity index (χ3v) is 3.35. The molecule has 0 unspecified atom stereocenters. The molecular weight excluding hydrogens is 268 g/mol. The van der Waals surface area contributed by atoms with E-state index in [1.54, 1.807) is 24.6 Å². The summed E-state index contributed by atoms with van der Waals surface area (Å²) in [4.78, 5) is 11.6. The molecule has 2 rings (SSSR count). The summed E-state index contributed by atoms with van der Waals surface area (Å²) in [6, 6.07) is 1.66. The van der Waals surface area contributed by atoms with Gasteiger partial charge >= 0.3 is 0 Å². The van der Waals surface area contributed by atoms with Crippen LogP contribution in [0.15, 0.2) is 15.7 Å². The second-order valence-corrected chi connectivity index (χ2v) is 4.93. The van der Waals surface area contributed by atoms with Gasteiger partial charge in [-0.05, 0) is 6.92 Å². The summed E-state index contributed by atoms with van der Waals surface area (Å²) in [6.07, 6.45) is 0.337. The first kappa shape index (κ1) is 13.4. The van der Waals surface area contributed by atoms with Gasteiger partial charge in [0.15, 0.2) is 11.0 Å². The van der Waals surface area contributed by atoms with Gasteiger partial charge in [0.2, 0.25) is 11.9 Å². The Morgan fingerprint density at radius 1 is 1.58 bits per heavy atom. The van der Waals surface area contributed by atoms with Crippen molar-refractivity contribution in [3.05, 3.63) is 11.8 Å². The number of carbonyl (C=O) groups excluding carboxylic acids is 1. The molecule has 102 valence electrons. The van der Waals surface area contributed by atoms with Gasteiger partial charge in [0.25, 0.3) is 0 Å². The van der Waals surface area contributed by atoms with Gasteiger partial charge in [0, 0.05) is 25.3 Å². The van der Waals surface area contributed by atoms with Gasteiger partial charge in [-0.25, -0.2) is 0 Å². The Bertz CT molecular complexity index is 578. The number of hydrogen-bond donors (Lipinski definition) is 2. The van der Waals surface area contributed by atoms with Crippen molar-refractivity contribution < 1.29 is 9.32 Å². The van der Waals surface area contributed by atoms with E-state index in [0.29, 0.717) is 34.9 Å². The lowest BCUT2D eigenvalue weighted by atomic mass is 10.4. The lowest BCUT2D eigenvalue weighted by Gasteiger charge is -2.01. The van der Waals surface area contributed by atoms with E-state index in [4.69, 9.17) is 10.3 Å². The van der Waals surface area contributed by atoms with E-state index >= 15 is 0 Å². The van der Waals surface area contributed by atoms with E-state index in [2.05, 4.69) is 20.7 Å². The highest BCUT2D eigenvalue weighted by Gasteiger charge is 2.09. The first-order valence-corrected chi connectivity index (χ1v) is 6.55. The highest BCUT2D eigenvalue weighted by molar-refractivity contribution is 7.99. The second kappa shape index (κ2) is 5.74. The van der Waals surface area contributed by atoms with Crippen LogP contribution < -0.4 is 11.1 Å². The lowest BCUT2D eigenvalue weighted by Crippen LogP contribution is -2.12. The van der Waals surface area contributed by atoms with Crippen LogP contribution in [-0.2, 0) is 11.8 Å². The number of nitrogen functional groups attached to an aromatic ring is 1. The van der Waals surface area contributed by atoms with Crippen LogP contribution in [0.2, 0.25) is 0 Å². The average Bonchev–Trinajstić information content (AvgIpc) is 2.89. The average molecular weight is 282 g/mol. The third kappa shape index (κ3) is 3.47. The maximum atomic E-state index is 11.6. The van der Waals surface area contributed by atoms with Crippen LogP contribution in [0.5, 0.6) is 0 Å². The van der Waals surface area contributed by atoms with Crippen LogP contribution in [0, 0.1) is 6.92 Å². The Balaban J connectivity index is 1.76. The molecule has 0 radical (unpaired) electrons. The number of aromatic nitrogens is 4. The van der Waals surface area contributed by atoms with Crippen LogP contribution in [-0.4, -0.2) is 31.6 Å². The Labute approximate surface area is 113 Å². The number of hydrogen-bond acceptors (Lipinski definition) is 7. The van der Waals surface area contributed by atoms with Crippen LogP contribution >= 0.6 is 11.8 Å². The molecule has 0 bridgehead atoms. The minimum atomic E-state index is -0.129. The molecule has 0 spiro atoms. The van der Waals surface area contributed by atoms with Crippen LogP contribution in [0.4, 0.5) is 11.8 Å². The molecule has 0 aliphatic heterocycles. The van der Waals surface area contributed by atoms with Gasteiger partial charge in [-0.2, -0.15) is 0 Å². The molecule has 0 saturated heterocycles. The Kier molecular flexibility index (Phi) is 4.05. The number of nitrogens with zero attached hydrogens (tertiary/aromatic N) is 4. The first-order valence-electron chi connectivity index (χ1n) is 5.57. The highest BCUT2D eigenvalue weighted by atomic mass is 32.2. The Hall–Kier alpha value is -2.03. The predicted octanol–water partition coefficient (Wildman–Crippen LogP) is 0.815. The zero-order valence-corrected chi connectivity index (χ0v) is 11.4. The zero-order chi connectivity index (χ0) is 13.8. The standard InChI is InChI=1S/C10H14N6O2S/c1-6-5-7(15-18-6)12-8(17)3-4-19-10-14-13-9(11)16(10)2/h5H,3-4H2,1-2H3,(H2,11,13)(H,12,15,17). The molecule has 8 nitrogen and oxygen atoms in total. The van der Waals surface area contributed by atoms with E-state index in [0.717, 1.165) is 0 Å². The van der Waals surface area contributed by atoms with Crippen molar-refractivity contribution in [2.75, 3.05) is 16.8 Å². The fraction of sp³-hybridized carbons (Fsp3) is 0.400. The monoisotopic (exact) mass is 282 g/mol. The largest absolute Gasteiger partial charge is 0.368 e. The quantitative estimate of drug-likeness (QED) is 0.780. The fourth-order valence-corrected chi connectivity index (χ4v) is 2.17. The molecule has 0 aromatic carbocycles. The van der Waals surface area contributed by atoms with Gasteiger partial charge in [0.05, 0.1) is 0 Å². The van der Waals surface area contributed by atoms with Gasteiger partial charge < -0.3 is 15.6 Å². The fourth-order valence-electron chi connectivity index (χ4n) is 1.32.